The molecule has 0 atom stereocenters. The average Bonchev–Trinajstić information content (AvgIpc) is 2.16. The second-order valence-corrected chi connectivity index (χ2v) is 3.07. The van der Waals surface area contributed by atoms with E-state index in [2.05, 4.69) is 4.98 Å². The summed E-state index contributed by atoms with van der Waals surface area (Å²) in [4.78, 5) is 3.08. The molecule has 0 saturated carbocycles. The first-order chi connectivity index (χ1) is 7.36. The highest BCUT2D eigenvalue weighted by Crippen LogP contribution is 2.08. The Bertz CT molecular complexity index is 304. The van der Waals surface area contributed by atoms with Gasteiger partial charge in [0, 0.05) is 24.4 Å². The smallest absolute Gasteiger partial charge is 0.496 e. The van der Waals surface area contributed by atoms with Crippen LogP contribution in [0.3, 0.4) is 0 Å². The van der Waals surface area contributed by atoms with Gasteiger partial charge in [0.25, 0.3) is 0 Å². The number of aromatic amines is 1. The number of halogens is 5. The van der Waals surface area contributed by atoms with Crippen LogP contribution in [0.15, 0.2) is 18.3 Å². The largest absolute Gasteiger partial charge is 0.673 e. The summed E-state index contributed by atoms with van der Waals surface area (Å²) in [7, 11) is -4.35. The highest BCUT2D eigenvalue weighted by Gasteiger charge is 2.20. The van der Waals surface area contributed by atoms with E-state index < -0.39 is 7.25 Å². The number of pyridine rings is 1. The molecule has 0 saturated heterocycles. The Kier molecular flexibility index (Phi) is 6.88. The predicted molar refractivity (Wildman–Crippen MR) is 54.2 cm³/mol. The van der Waals surface area contributed by atoms with Gasteiger partial charge in [-0.1, -0.05) is 0 Å². The lowest BCUT2D eigenvalue weighted by molar-refractivity contribution is -0.390. The molecule has 2 nitrogen and oxygen atoms in total. The Morgan fingerprint density at radius 3 is 2.38 bits per heavy atom. The molecule has 16 heavy (non-hydrogen) atoms. The van der Waals surface area contributed by atoms with Crippen LogP contribution >= 0.6 is 11.6 Å². The fourth-order valence-corrected chi connectivity index (χ4v) is 1.07. The van der Waals surface area contributed by atoms with Crippen molar-refractivity contribution in [3.8, 4) is 5.75 Å². The summed E-state index contributed by atoms with van der Waals surface area (Å²) in [6, 6.07) is 3.82. The predicted octanol–water partition coefficient (Wildman–Crippen LogP) is 2.59. The molecule has 0 aliphatic rings. The van der Waals surface area contributed by atoms with Crippen molar-refractivity contribution in [2.24, 2.45) is 0 Å². The van der Waals surface area contributed by atoms with Crippen LogP contribution in [0.2, 0.25) is 0 Å². The monoisotopic (exact) mass is 259 g/mol. The van der Waals surface area contributed by atoms with Gasteiger partial charge < -0.3 is 22.0 Å². The Balaban J connectivity index is 0.000000385. The van der Waals surface area contributed by atoms with Crippen LogP contribution < -0.4 is 9.72 Å². The quantitative estimate of drug-likeness (QED) is 0.465. The topological polar surface area (TPSA) is 23.4 Å². The summed E-state index contributed by atoms with van der Waals surface area (Å²) in [5.74, 6) is 1.49. The zero-order valence-corrected chi connectivity index (χ0v) is 9.28. The number of aryl methyl sites for hydroxylation is 1. The van der Waals surface area contributed by atoms with Gasteiger partial charge in [-0.15, -0.1) is 11.6 Å². The van der Waals surface area contributed by atoms with E-state index >= 15 is 0 Å². The second-order valence-electron chi connectivity index (χ2n) is 2.69. The standard InChI is InChI=1S/C8H10ClNO.BF4/c1-11-8-3-5-10-7(6-8)2-4-9;2-1(3,4)5/h3,5-6H,2,4H2,1H3;/q;-1/p+1. The molecule has 0 aliphatic heterocycles. The van der Waals surface area contributed by atoms with E-state index in [1.54, 1.807) is 7.11 Å². The van der Waals surface area contributed by atoms with Crippen molar-refractivity contribution in [3.05, 3.63) is 24.0 Å². The molecule has 8 heteroatoms. The first-order valence-electron chi connectivity index (χ1n) is 4.34. The molecule has 1 rings (SSSR count). The van der Waals surface area contributed by atoms with Crippen LogP contribution in [0.5, 0.6) is 5.75 Å². The van der Waals surface area contributed by atoms with E-state index in [1.165, 1.54) is 0 Å². The summed E-state index contributed by atoms with van der Waals surface area (Å²) in [6.45, 7) is 0. The number of hydrogen-bond acceptors (Lipinski definition) is 1. The van der Waals surface area contributed by atoms with Crippen molar-refractivity contribution in [1.29, 1.82) is 0 Å². The average molecular weight is 259 g/mol. The SMILES string of the molecule is COc1cc[nH+]c(CCCl)c1.F[B-](F)(F)F. The molecule has 1 aromatic heterocycles. The summed E-state index contributed by atoms with van der Waals surface area (Å²) in [6.07, 6.45) is 2.69. The van der Waals surface area contributed by atoms with Crippen LogP contribution in [0, 0.1) is 0 Å². The van der Waals surface area contributed by atoms with Gasteiger partial charge in [0.1, 0.15) is 5.75 Å². The van der Waals surface area contributed by atoms with Gasteiger partial charge in [0.15, 0.2) is 11.9 Å². The summed E-state index contributed by atoms with van der Waals surface area (Å²) in [5, 5.41) is 0. The van der Waals surface area contributed by atoms with Crippen molar-refractivity contribution in [2.75, 3.05) is 13.0 Å². The van der Waals surface area contributed by atoms with Gasteiger partial charge in [0.2, 0.25) is 0 Å². The van der Waals surface area contributed by atoms with E-state index in [0.717, 1.165) is 17.9 Å². The molecule has 1 aromatic rings. The second kappa shape index (κ2) is 7.32. The first kappa shape index (κ1) is 15.0. The van der Waals surface area contributed by atoms with Crippen molar-refractivity contribution < 1.29 is 27.0 Å². The maximum atomic E-state index is 9.75. The lowest BCUT2D eigenvalue weighted by Crippen LogP contribution is -2.10. The minimum atomic E-state index is -6.00. The van der Waals surface area contributed by atoms with Crippen molar-refractivity contribution in [3.63, 3.8) is 0 Å². The van der Waals surface area contributed by atoms with E-state index in [1.807, 2.05) is 18.3 Å². The molecule has 0 amide bonds. The normalized spacial score (nSPS) is 10.4. The molecule has 1 N–H and O–H groups in total. The minimum Gasteiger partial charge on any atom is -0.496 e. The van der Waals surface area contributed by atoms with E-state index in [4.69, 9.17) is 16.3 Å². The molecular formula is C8H11BClF4NO. The first-order valence-corrected chi connectivity index (χ1v) is 4.88. The van der Waals surface area contributed by atoms with Crippen LogP contribution in [-0.4, -0.2) is 20.2 Å². The third kappa shape index (κ3) is 9.58. The molecule has 0 aliphatic carbocycles. The van der Waals surface area contributed by atoms with Crippen LogP contribution in [0.4, 0.5) is 17.3 Å². The molecule has 92 valence electrons. The molecular weight excluding hydrogens is 248 g/mol. The van der Waals surface area contributed by atoms with Gasteiger partial charge in [-0.3, -0.25) is 0 Å². The number of methoxy groups -OCH3 is 1. The molecule has 0 radical (unpaired) electrons. The fourth-order valence-electron chi connectivity index (χ4n) is 0.865. The maximum Gasteiger partial charge on any atom is 0.673 e. The van der Waals surface area contributed by atoms with Crippen molar-refractivity contribution >= 4 is 18.9 Å². The zero-order chi connectivity index (χ0) is 12.6. The minimum absolute atomic E-state index is 0.629. The highest BCUT2D eigenvalue weighted by molar-refractivity contribution is 6.50. The number of ether oxygens (including phenoxy) is 1. The van der Waals surface area contributed by atoms with E-state index in [9.17, 15) is 17.3 Å². The van der Waals surface area contributed by atoms with Gasteiger partial charge >= 0.3 is 7.25 Å². The van der Waals surface area contributed by atoms with E-state index in [0.29, 0.717) is 5.88 Å². The third-order valence-corrected chi connectivity index (χ3v) is 1.62. The Morgan fingerprint density at radius 2 is 1.94 bits per heavy atom. The zero-order valence-electron chi connectivity index (χ0n) is 8.52. The lowest BCUT2D eigenvalue weighted by atomic mass is 10.3. The number of aromatic nitrogens is 1. The van der Waals surface area contributed by atoms with Gasteiger partial charge in [0.05, 0.1) is 7.11 Å². The molecule has 0 spiro atoms. The van der Waals surface area contributed by atoms with Crippen LogP contribution in [0.1, 0.15) is 5.69 Å². The molecule has 0 unspecified atom stereocenters. The van der Waals surface area contributed by atoms with Crippen molar-refractivity contribution in [1.82, 2.24) is 0 Å². The lowest BCUT2D eigenvalue weighted by Gasteiger charge is -1.96. The molecule has 0 fully saturated rings. The fraction of sp³-hybridized carbons (Fsp3) is 0.375. The summed E-state index contributed by atoms with van der Waals surface area (Å²) < 4.78 is 44.0. The maximum absolute atomic E-state index is 9.75. The Hall–Kier alpha value is -0.975. The van der Waals surface area contributed by atoms with Gasteiger partial charge in [-0.25, -0.2) is 4.98 Å². The molecule has 0 bridgehead atoms. The van der Waals surface area contributed by atoms with Crippen LogP contribution in [0.25, 0.3) is 0 Å². The molecule has 1 heterocycles. The molecule has 0 aromatic carbocycles. The van der Waals surface area contributed by atoms with Crippen molar-refractivity contribution in [2.45, 2.75) is 6.42 Å². The third-order valence-electron chi connectivity index (χ3n) is 1.43. The summed E-state index contributed by atoms with van der Waals surface area (Å²) in [5.41, 5.74) is 1.10. The number of hydrogen-bond donors (Lipinski definition) is 0. The number of alkyl halides is 1. The Labute approximate surface area is 95.7 Å². The number of H-pyrrole nitrogens is 1. The van der Waals surface area contributed by atoms with Gasteiger partial charge in [-0.05, 0) is 0 Å². The summed E-state index contributed by atoms with van der Waals surface area (Å²) >= 11 is 5.57. The van der Waals surface area contributed by atoms with Gasteiger partial charge in [-0.2, -0.15) is 0 Å². The Morgan fingerprint density at radius 1 is 1.38 bits per heavy atom. The van der Waals surface area contributed by atoms with Crippen LogP contribution in [-0.2, 0) is 6.42 Å². The van der Waals surface area contributed by atoms with E-state index in [-0.39, 0.29) is 0 Å². The number of nitrogens with one attached hydrogen (secondary N) is 1. The number of rotatable bonds is 3. The highest BCUT2D eigenvalue weighted by atomic mass is 35.5.